The first kappa shape index (κ1) is 11.4. The number of rotatable bonds is 5. The van der Waals surface area contributed by atoms with Crippen molar-refractivity contribution in [2.24, 2.45) is 0 Å². The molecule has 0 spiro atoms. The summed E-state index contributed by atoms with van der Waals surface area (Å²) in [6.45, 7) is 0.885. The van der Waals surface area contributed by atoms with Crippen molar-refractivity contribution < 1.29 is 24.9 Å². The molecule has 72 valence electrons. The molecule has 12 heavy (non-hydrogen) atoms. The van der Waals surface area contributed by atoms with Gasteiger partial charge in [0.1, 0.15) is 12.7 Å². The van der Waals surface area contributed by atoms with E-state index >= 15 is 0 Å². The Morgan fingerprint density at radius 2 is 2.08 bits per heavy atom. The van der Waals surface area contributed by atoms with Crippen molar-refractivity contribution in [1.82, 2.24) is 0 Å². The quantitative estimate of drug-likeness (QED) is 0.453. The van der Waals surface area contributed by atoms with E-state index in [0.29, 0.717) is 0 Å². The lowest BCUT2D eigenvalue weighted by atomic mass is 10.3. The van der Waals surface area contributed by atoms with Crippen LogP contribution in [-0.2, 0) is 9.53 Å². The maximum atomic E-state index is 10.7. The molecule has 5 nitrogen and oxygen atoms in total. The van der Waals surface area contributed by atoms with Gasteiger partial charge < -0.3 is 20.1 Å². The van der Waals surface area contributed by atoms with E-state index in [1.54, 1.807) is 6.92 Å². The van der Waals surface area contributed by atoms with Gasteiger partial charge in [0.15, 0.2) is 6.10 Å². The fourth-order valence-corrected chi connectivity index (χ4v) is 0.494. The molecule has 0 radical (unpaired) electrons. The smallest absolute Gasteiger partial charge is 0.335 e. The highest BCUT2D eigenvalue weighted by Crippen LogP contribution is 1.94. The van der Waals surface area contributed by atoms with Gasteiger partial charge in [0.25, 0.3) is 0 Å². The number of aliphatic hydroxyl groups is 3. The highest BCUT2D eigenvalue weighted by atomic mass is 16.6. The molecular weight excluding hydrogens is 164 g/mol. The standard InChI is InChI=1S/C7H14O5/c1-2-6(10)7(11)12-4-5(9)3-8/h5-6,8-10H,2-4H2,1H3/t5?,6-/m1/s1. The van der Waals surface area contributed by atoms with Gasteiger partial charge >= 0.3 is 5.97 Å². The van der Waals surface area contributed by atoms with E-state index in [4.69, 9.17) is 15.3 Å². The molecule has 0 aliphatic carbocycles. The molecule has 0 aromatic rings. The maximum Gasteiger partial charge on any atom is 0.335 e. The normalized spacial score (nSPS) is 15.3. The molecular formula is C7H14O5. The number of carbonyl (C=O) groups is 1. The Kier molecular flexibility index (Phi) is 5.61. The van der Waals surface area contributed by atoms with Gasteiger partial charge in [-0.1, -0.05) is 6.92 Å². The molecule has 0 fully saturated rings. The zero-order chi connectivity index (χ0) is 9.56. The van der Waals surface area contributed by atoms with Gasteiger partial charge in [-0.15, -0.1) is 0 Å². The van der Waals surface area contributed by atoms with Crippen LogP contribution in [-0.4, -0.2) is 46.7 Å². The molecule has 0 bridgehead atoms. The zero-order valence-corrected chi connectivity index (χ0v) is 6.93. The lowest BCUT2D eigenvalue weighted by Crippen LogP contribution is -2.28. The third-order valence-corrected chi connectivity index (χ3v) is 1.29. The van der Waals surface area contributed by atoms with E-state index in [1.165, 1.54) is 0 Å². The molecule has 0 aromatic heterocycles. The summed E-state index contributed by atoms with van der Waals surface area (Å²) in [5.41, 5.74) is 0. The average Bonchev–Trinajstić information content (AvgIpc) is 2.11. The van der Waals surface area contributed by atoms with Crippen LogP contribution >= 0.6 is 0 Å². The van der Waals surface area contributed by atoms with Crippen LogP contribution in [0.1, 0.15) is 13.3 Å². The van der Waals surface area contributed by atoms with Crippen molar-refractivity contribution in [1.29, 1.82) is 0 Å². The number of ether oxygens (including phenoxy) is 1. The van der Waals surface area contributed by atoms with Crippen LogP contribution < -0.4 is 0 Å². The first-order valence-electron chi connectivity index (χ1n) is 3.75. The lowest BCUT2D eigenvalue weighted by molar-refractivity contribution is -0.157. The monoisotopic (exact) mass is 178 g/mol. The lowest BCUT2D eigenvalue weighted by Gasteiger charge is -2.10. The summed E-state index contributed by atoms with van der Waals surface area (Å²) in [6, 6.07) is 0. The molecule has 0 heterocycles. The molecule has 0 aromatic carbocycles. The molecule has 0 saturated carbocycles. The van der Waals surface area contributed by atoms with Crippen molar-refractivity contribution in [2.75, 3.05) is 13.2 Å². The Morgan fingerprint density at radius 3 is 2.50 bits per heavy atom. The van der Waals surface area contributed by atoms with Crippen LogP contribution in [0.4, 0.5) is 0 Å². The number of esters is 1. The Balaban J connectivity index is 3.56. The molecule has 2 atom stereocenters. The zero-order valence-electron chi connectivity index (χ0n) is 6.93. The summed E-state index contributed by atoms with van der Waals surface area (Å²) in [5.74, 6) is -0.773. The van der Waals surface area contributed by atoms with Crippen molar-refractivity contribution in [3.63, 3.8) is 0 Å². The predicted octanol–water partition coefficient (Wildman–Crippen LogP) is -1.35. The van der Waals surface area contributed by atoms with Gasteiger partial charge in [0.05, 0.1) is 6.61 Å². The number of carbonyl (C=O) groups excluding carboxylic acids is 1. The van der Waals surface area contributed by atoms with E-state index < -0.39 is 24.8 Å². The van der Waals surface area contributed by atoms with Gasteiger partial charge in [0.2, 0.25) is 0 Å². The van der Waals surface area contributed by atoms with E-state index in [2.05, 4.69) is 4.74 Å². The largest absolute Gasteiger partial charge is 0.461 e. The Hall–Kier alpha value is -0.650. The maximum absolute atomic E-state index is 10.7. The van der Waals surface area contributed by atoms with Gasteiger partial charge in [-0.2, -0.15) is 0 Å². The molecule has 5 heteroatoms. The fourth-order valence-electron chi connectivity index (χ4n) is 0.494. The number of aliphatic hydroxyl groups excluding tert-OH is 3. The van der Waals surface area contributed by atoms with Gasteiger partial charge in [0, 0.05) is 0 Å². The molecule has 0 saturated heterocycles. The topological polar surface area (TPSA) is 87.0 Å². The fraction of sp³-hybridized carbons (Fsp3) is 0.857. The summed E-state index contributed by atoms with van der Waals surface area (Å²) in [7, 11) is 0. The summed E-state index contributed by atoms with van der Waals surface area (Å²) in [5, 5.41) is 26.0. The van der Waals surface area contributed by atoms with Crippen LogP contribution in [0.3, 0.4) is 0 Å². The van der Waals surface area contributed by atoms with E-state index in [0.717, 1.165) is 0 Å². The van der Waals surface area contributed by atoms with E-state index in [-0.39, 0.29) is 13.0 Å². The Morgan fingerprint density at radius 1 is 1.50 bits per heavy atom. The van der Waals surface area contributed by atoms with E-state index in [1.807, 2.05) is 0 Å². The Labute approximate surface area is 70.6 Å². The predicted molar refractivity (Wildman–Crippen MR) is 40.3 cm³/mol. The van der Waals surface area contributed by atoms with Gasteiger partial charge in [-0.05, 0) is 6.42 Å². The average molecular weight is 178 g/mol. The summed E-state index contributed by atoms with van der Waals surface area (Å²) >= 11 is 0. The second kappa shape index (κ2) is 5.93. The number of hydrogen-bond acceptors (Lipinski definition) is 5. The summed E-state index contributed by atoms with van der Waals surface area (Å²) in [6.07, 6.45) is -1.94. The minimum atomic E-state index is -1.14. The third-order valence-electron chi connectivity index (χ3n) is 1.29. The molecule has 0 aliphatic rings. The number of hydrogen-bond donors (Lipinski definition) is 3. The van der Waals surface area contributed by atoms with Crippen LogP contribution in [0.25, 0.3) is 0 Å². The SMILES string of the molecule is CC[C@@H](O)C(=O)OCC(O)CO. The van der Waals surface area contributed by atoms with Crippen molar-refractivity contribution >= 4 is 5.97 Å². The molecule has 0 amide bonds. The molecule has 0 aliphatic heterocycles. The Bertz CT molecular complexity index is 136. The molecule has 0 rings (SSSR count). The van der Waals surface area contributed by atoms with E-state index in [9.17, 15) is 4.79 Å². The third kappa shape index (κ3) is 4.27. The van der Waals surface area contributed by atoms with Crippen LogP contribution in [0.15, 0.2) is 0 Å². The second-order valence-electron chi connectivity index (χ2n) is 2.39. The van der Waals surface area contributed by atoms with Gasteiger partial charge in [-0.25, -0.2) is 4.79 Å². The van der Waals surface area contributed by atoms with Crippen LogP contribution in [0.5, 0.6) is 0 Å². The first-order valence-corrected chi connectivity index (χ1v) is 3.75. The minimum absolute atomic E-state index is 0.272. The summed E-state index contributed by atoms with van der Waals surface area (Å²) < 4.78 is 4.45. The highest BCUT2D eigenvalue weighted by molar-refractivity contribution is 5.74. The summed E-state index contributed by atoms with van der Waals surface area (Å²) in [4.78, 5) is 10.7. The van der Waals surface area contributed by atoms with Gasteiger partial charge in [-0.3, -0.25) is 0 Å². The van der Waals surface area contributed by atoms with Crippen LogP contribution in [0, 0.1) is 0 Å². The van der Waals surface area contributed by atoms with Crippen molar-refractivity contribution in [3.05, 3.63) is 0 Å². The van der Waals surface area contributed by atoms with Crippen molar-refractivity contribution in [2.45, 2.75) is 25.6 Å². The highest BCUT2D eigenvalue weighted by Gasteiger charge is 2.15. The van der Waals surface area contributed by atoms with Crippen LogP contribution in [0.2, 0.25) is 0 Å². The second-order valence-corrected chi connectivity index (χ2v) is 2.39. The molecule has 1 unspecified atom stereocenters. The minimum Gasteiger partial charge on any atom is -0.461 e. The van der Waals surface area contributed by atoms with Crippen molar-refractivity contribution in [3.8, 4) is 0 Å². The first-order chi connectivity index (χ1) is 5.61. The molecule has 3 N–H and O–H groups in total.